The highest BCUT2D eigenvalue weighted by Gasteiger charge is 2.56. The van der Waals surface area contributed by atoms with Crippen LogP contribution in [0.2, 0.25) is 0 Å². The van der Waals surface area contributed by atoms with E-state index in [9.17, 15) is 18.9 Å². The molecule has 2 aliphatic rings. The van der Waals surface area contributed by atoms with Crippen LogP contribution in [-0.4, -0.2) is 53.5 Å². The summed E-state index contributed by atoms with van der Waals surface area (Å²) in [6.07, 6.45) is 0.889. The molecule has 2 heterocycles. The first-order valence-electron chi connectivity index (χ1n) is 6.27. The Morgan fingerprint density at radius 3 is 2.79 bits per heavy atom. The lowest BCUT2D eigenvalue weighted by molar-refractivity contribution is -0.618. The number of nitrogens with zero attached hydrogens (tertiary/aromatic N) is 3. The van der Waals surface area contributed by atoms with Crippen LogP contribution in [0.4, 0.5) is 8.78 Å². The molecule has 3 atom stereocenters. The van der Waals surface area contributed by atoms with Gasteiger partial charge in [-0.05, 0) is 20.3 Å². The van der Waals surface area contributed by atoms with Crippen molar-refractivity contribution in [3.05, 3.63) is 10.1 Å². The van der Waals surface area contributed by atoms with Crippen molar-refractivity contribution >= 4 is 5.84 Å². The topological polar surface area (TPSA) is 68.0 Å². The van der Waals surface area contributed by atoms with E-state index in [1.54, 1.807) is 6.92 Å². The lowest BCUT2D eigenvalue weighted by Gasteiger charge is -2.28. The SMILES string of the molecule is CC1CC(CN2C(C(F)(F)[N+](=O)[O-])=NCC2C)CO1. The standard InChI is InChI=1S/C11H17F2N3O3/c1-7-4-14-10(11(12,13)16(17)18)15(7)5-9-3-8(2)19-6-9/h7-9H,3-6H2,1-2H3. The first kappa shape index (κ1) is 14.1. The van der Waals surface area contributed by atoms with Crippen molar-refractivity contribution in [1.82, 2.24) is 4.90 Å². The van der Waals surface area contributed by atoms with Gasteiger partial charge in [-0.3, -0.25) is 15.1 Å². The second-order valence-corrected chi connectivity index (χ2v) is 5.21. The molecule has 1 saturated heterocycles. The van der Waals surface area contributed by atoms with Gasteiger partial charge in [0.15, 0.2) is 0 Å². The molecular formula is C11H17F2N3O3. The largest absolute Gasteiger partial charge is 0.572 e. The van der Waals surface area contributed by atoms with E-state index in [4.69, 9.17) is 4.74 Å². The maximum absolute atomic E-state index is 13.5. The van der Waals surface area contributed by atoms with Crippen LogP contribution >= 0.6 is 0 Å². The number of amidine groups is 1. The predicted octanol–water partition coefficient (Wildman–Crippen LogP) is 1.38. The van der Waals surface area contributed by atoms with Gasteiger partial charge in [-0.15, -0.1) is 8.78 Å². The van der Waals surface area contributed by atoms with Crippen molar-refractivity contribution in [2.24, 2.45) is 10.9 Å². The zero-order valence-electron chi connectivity index (χ0n) is 10.9. The fourth-order valence-electron chi connectivity index (χ4n) is 2.54. The Hall–Kier alpha value is -1.31. The lowest BCUT2D eigenvalue weighted by atomic mass is 10.0. The highest BCUT2D eigenvalue weighted by Crippen LogP contribution is 2.28. The van der Waals surface area contributed by atoms with Crippen molar-refractivity contribution in [3.8, 4) is 0 Å². The van der Waals surface area contributed by atoms with Crippen LogP contribution in [0.5, 0.6) is 0 Å². The summed E-state index contributed by atoms with van der Waals surface area (Å²) in [5.74, 6) is -0.604. The molecule has 0 spiro atoms. The molecule has 0 aliphatic carbocycles. The summed E-state index contributed by atoms with van der Waals surface area (Å²) in [5, 5.41) is 10.5. The first-order valence-corrected chi connectivity index (χ1v) is 6.27. The maximum atomic E-state index is 13.5. The van der Waals surface area contributed by atoms with E-state index >= 15 is 0 Å². The molecular weight excluding hydrogens is 260 g/mol. The molecule has 1 fully saturated rings. The molecule has 0 N–H and O–H groups in total. The van der Waals surface area contributed by atoms with Gasteiger partial charge in [-0.25, -0.2) is 0 Å². The van der Waals surface area contributed by atoms with E-state index in [0.717, 1.165) is 6.42 Å². The summed E-state index contributed by atoms with van der Waals surface area (Å²) in [6.45, 7) is 4.66. The maximum Gasteiger partial charge on any atom is 0.572 e. The Balaban J connectivity index is 2.09. The van der Waals surface area contributed by atoms with Gasteiger partial charge < -0.3 is 9.64 Å². The van der Waals surface area contributed by atoms with Crippen LogP contribution in [0, 0.1) is 16.0 Å². The minimum Gasteiger partial charge on any atom is -0.378 e. The molecule has 19 heavy (non-hydrogen) atoms. The van der Waals surface area contributed by atoms with E-state index in [0.29, 0.717) is 13.2 Å². The van der Waals surface area contributed by atoms with Gasteiger partial charge in [-0.2, -0.15) is 0 Å². The van der Waals surface area contributed by atoms with Crippen molar-refractivity contribution in [2.45, 2.75) is 38.5 Å². The van der Waals surface area contributed by atoms with E-state index < -0.39 is 16.8 Å². The van der Waals surface area contributed by atoms with Gasteiger partial charge in [0, 0.05) is 18.5 Å². The van der Waals surface area contributed by atoms with Crippen LogP contribution in [0.15, 0.2) is 4.99 Å². The minimum absolute atomic E-state index is 0.110. The molecule has 2 aliphatic heterocycles. The number of hydrogen-bond donors (Lipinski definition) is 0. The zero-order valence-corrected chi connectivity index (χ0v) is 10.9. The van der Waals surface area contributed by atoms with Crippen molar-refractivity contribution in [1.29, 1.82) is 0 Å². The quantitative estimate of drug-likeness (QED) is 0.442. The smallest absolute Gasteiger partial charge is 0.378 e. The molecule has 0 aromatic carbocycles. The third-order valence-corrected chi connectivity index (χ3v) is 3.54. The Morgan fingerprint density at radius 2 is 2.26 bits per heavy atom. The molecule has 3 unspecified atom stereocenters. The number of rotatable bonds is 4. The molecule has 0 saturated carbocycles. The summed E-state index contributed by atoms with van der Waals surface area (Å²) in [7, 11) is 0. The first-order chi connectivity index (χ1) is 8.82. The highest BCUT2D eigenvalue weighted by molar-refractivity contribution is 5.89. The van der Waals surface area contributed by atoms with E-state index in [1.807, 2.05) is 6.92 Å². The van der Waals surface area contributed by atoms with Gasteiger partial charge >= 0.3 is 6.05 Å². The molecule has 108 valence electrons. The number of hydrogen-bond acceptors (Lipinski definition) is 5. The summed E-state index contributed by atoms with van der Waals surface area (Å²) >= 11 is 0. The normalized spacial score (nSPS) is 31.7. The third kappa shape index (κ3) is 2.68. The molecule has 2 rings (SSSR count). The monoisotopic (exact) mass is 277 g/mol. The van der Waals surface area contributed by atoms with Crippen LogP contribution in [0.1, 0.15) is 20.3 Å². The van der Waals surface area contributed by atoms with Gasteiger partial charge in [0.2, 0.25) is 0 Å². The Kier molecular flexibility index (Phi) is 3.71. The van der Waals surface area contributed by atoms with Crippen LogP contribution in [0.3, 0.4) is 0 Å². The molecule has 0 radical (unpaired) electrons. The van der Waals surface area contributed by atoms with Crippen LogP contribution in [0.25, 0.3) is 0 Å². The average Bonchev–Trinajstić information content (AvgIpc) is 2.87. The molecule has 0 bridgehead atoms. The number of alkyl halides is 2. The fraction of sp³-hybridized carbons (Fsp3) is 0.909. The van der Waals surface area contributed by atoms with E-state index in [2.05, 4.69) is 4.99 Å². The zero-order chi connectivity index (χ0) is 14.2. The van der Waals surface area contributed by atoms with Crippen molar-refractivity contribution in [3.63, 3.8) is 0 Å². The van der Waals surface area contributed by atoms with Crippen molar-refractivity contribution in [2.75, 3.05) is 19.7 Å². The van der Waals surface area contributed by atoms with Gasteiger partial charge in [0.25, 0.3) is 5.84 Å². The summed E-state index contributed by atoms with van der Waals surface area (Å²) < 4.78 is 32.4. The van der Waals surface area contributed by atoms with Gasteiger partial charge in [-0.1, -0.05) is 0 Å². The molecule has 8 heteroatoms. The van der Waals surface area contributed by atoms with Crippen molar-refractivity contribution < 1.29 is 18.4 Å². The Morgan fingerprint density at radius 1 is 1.58 bits per heavy atom. The fourth-order valence-corrected chi connectivity index (χ4v) is 2.54. The second-order valence-electron chi connectivity index (χ2n) is 5.21. The number of ether oxygens (including phenoxy) is 1. The molecule has 6 nitrogen and oxygen atoms in total. The number of nitro groups is 1. The number of halogens is 2. The molecule has 0 aromatic rings. The number of aliphatic imine (C=N–C) groups is 1. The highest BCUT2D eigenvalue weighted by atomic mass is 19.3. The van der Waals surface area contributed by atoms with Gasteiger partial charge in [0.1, 0.15) is 4.92 Å². The summed E-state index contributed by atoms with van der Waals surface area (Å²) in [4.78, 5) is 13.9. The molecule has 0 aromatic heterocycles. The summed E-state index contributed by atoms with van der Waals surface area (Å²) in [5.41, 5.74) is 0. The third-order valence-electron chi connectivity index (χ3n) is 3.54. The lowest BCUT2D eigenvalue weighted by Crippen LogP contribution is -2.50. The Bertz CT molecular complexity index is 403. The van der Waals surface area contributed by atoms with Gasteiger partial charge in [0.05, 0.1) is 19.3 Å². The van der Waals surface area contributed by atoms with Crippen LogP contribution < -0.4 is 0 Å². The van der Waals surface area contributed by atoms with E-state index in [-0.39, 0.29) is 24.6 Å². The van der Waals surface area contributed by atoms with E-state index in [1.165, 1.54) is 4.90 Å². The summed E-state index contributed by atoms with van der Waals surface area (Å²) in [6, 6.07) is -4.35. The predicted molar refractivity (Wildman–Crippen MR) is 63.9 cm³/mol. The minimum atomic E-state index is -4.12. The van der Waals surface area contributed by atoms with Crippen LogP contribution in [-0.2, 0) is 4.74 Å². The molecule has 0 amide bonds. The average molecular weight is 277 g/mol. The Labute approximate surface area is 109 Å². The second kappa shape index (κ2) is 4.99.